The molecule has 28 heavy (non-hydrogen) atoms. The van der Waals surface area contributed by atoms with Gasteiger partial charge in [-0.15, -0.1) is 11.3 Å². The fourth-order valence-electron chi connectivity index (χ4n) is 3.50. The first-order valence-electron chi connectivity index (χ1n) is 9.30. The highest BCUT2D eigenvalue weighted by molar-refractivity contribution is 9.10. The number of thiophene rings is 1. The summed E-state index contributed by atoms with van der Waals surface area (Å²) in [7, 11) is 0. The number of anilines is 1. The number of rotatable bonds is 5. The number of thioether (sulfide) groups is 1. The Bertz CT molecular complexity index is 1110. The number of aryl methyl sites for hydroxylation is 2. The molecule has 1 aliphatic carbocycles. The first-order chi connectivity index (χ1) is 13.6. The number of hydrogen-bond acceptors (Lipinski definition) is 5. The lowest BCUT2D eigenvalue weighted by atomic mass is 9.97. The highest BCUT2D eigenvalue weighted by atomic mass is 79.9. The van der Waals surface area contributed by atoms with Crippen molar-refractivity contribution in [1.29, 1.82) is 0 Å². The zero-order valence-electron chi connectivity index (χ0n) is 15.5. The Morgan fingerprint density at radius 2 is 2.18 bits per heavy atom. The molecule has 0 bridgehead atoms. The summed E-state index contributed by atoms with van der Waals surface area (Å²) in [6, 6.07) is 7.47. The molecule has 1 aliphatic rings. The molecule has 146 valence electrons. The Morgan fingerprint density at radius 1 is 1.36 bits per heavy atom. The van der Waals surface area contributed by atoms with Gasteiger partial charge < -0.3 is 5.32 Å². The van der Waals surface area contributed by atoms with Gasteiger partial charge in [-0.05, 0) is 56.4 Å². The van der Waals surface area contributed by atoms with Gasteiger partial charge in [0.2, 0.25) is 5.91 Å². The van der Waals surface area contributed by atoms with Gasteiger partial charge in [0, 0.05) is 21.6 Å². The van der Waals surface area contributed by atoms with E-state index < -0.39 is 0 Å². The molecule has 5 nitrogen and oxygen atoms in total. The minimum Gasteiger partial charge on any atom is -0.325 e. The van der Waals surface area contributed by atoms with Crippen molar-refractivity contribution in [2.24, 2.45) is 0 Å². The van der Waals surface area contributed by atoms with Crippen LogP contribution in [0.1, 0.15) is 30.2 Å². The summed E-state index contributed by atoms with van der Waals surface area (Å²) in [6.07, 6.45) is 4.33. The second-order valence-electron chi connectivity index (χ2n) is 6.68. The summed E-state index contributed by atoms with van der Waals surface area (Å²) in [5, 5.41) is 4.29. The largest absolute Gasteiger partial charge is 0.325 e. The summed E-state index contributed by atoms with van der Waals surface area (Å²) in [6.45, 7) is 2.49. The maximum absolute atomic E-state index is 13.1. The molecule has 0 spiro atoms. The maximum Gasteiger partial charge on any atom is 0.263 e. The summed E-state index contributed by atoms with van der Waals surface area (Å²) in [5.74, 6) is 0.0841. The van der Waals surface area contributed by atoms with Gasteiger partial charge in [-0.3, -0.25) is 14.2 Å². The fourth-order valence-corrected chi connectivity index (χ4v) is 6.07. The van der Waals surface area contributed by atoms with Crippen LogP contribution in [0.15, 0.2) is 38.7 Å². The van der Waals surface area contributed by atoms with Gasteiger partial charge in [-0.1, -0.05) is 33.8 Å². The monoisotopic (exact) mass is 477 g/mol. The van der Waals surface area contributed by atoms with Crippen molar-refractivity contribution in [3.8, 4) is 0 Å². The topological polar surface area (TPSA) is 64.0 Å². The van der Waals surface area contributed by atoms with Crippen LogP contribution in [0.2, 0.25) is 0 Å². The third kappa shape index (κ3) is 3.90. The minimum absolute atomic E-state index is 0.0294. The van der Waals surface area contributed by atoms with E-state index >= 15 is 0 Å². The van der Waals surface area contributed by atoms with Gasteiger partial charge in [-0.25, -0.2) is 4.98 Å². The van der Waals surface area contributed by atoms with E-state index in [0.717, 1.165) is 39.6 Å². The van der Waals surface area contributed by atoms with Crippen LogP contribution >= 0.6 is 39.0 Å². The summed E-state index contributed by atoms with van der Waals surface area (Å²) in [5.41, 5.74) is 1.97. The number of aromatic nitrogens is 2. The van der Waals surface area contributed by atoms with E-state index in [0.29, 0.717) is 11.7 Å². The number of carbonyl (C=O) groups is 1. The fraction of sp³-hybridized carbons (Fsp3) is 0.350. The second kappa shape index (κ2) is 8.39. The molecule has 0 fully saturated rings. The number of benzene rings is 1. The number of amides is 1. The molecule has 1 amide bonds. The minimum atomic E-state index is -0.120. The van der Waals surface area contributed by atoms with Crippen LogP contribution in [-0.4, -0.2) is 21.2 Å². The maximum atomic E-state index is 13.1. The molecule has 0 saturated heterocycles. The van der Waals surface area contributed by atoms with Gasteiger partial charge >= 0.3 is 0 Å². The van der Waals surface area contributed by atoms with Crippen molar-refractivity contribution in [2.45, 2.75) is 44.3 Å². The number of fused-ring (bicyclic) bond motifs is 3. The Hall–Kier alpha value is -1.64. The average Bonchev–Trinajstić information content (AvgIpc) is 3.05. The van der Waals surface area contributed by atoms with E-state index in [1.54, 1.807) is 15.9 Å². The summed E-state index contributed by atoms with van der Waals surface area (Å²) < 4.78 is 2.60. The highest BCUT2D eigenvalue weighted by Gasteiger charge is 2.22. The number of hydrogen-bond donors (Lipinski definition) is 1. The van der Waals surface area contributed by atoms with Gasteiger partial charge in [0.25, 0.3) is 5.56 Å². The van der Waals surface area contributed by atoms with Crippen LogP contribution in [0, 0.1) is 0 Å². The first kappa shape index (κ1) is 19.7. The highest BCUT2D eigenvalue weighted by Crippen LogP contribution is 2.34. The van der Waals surface area contributed by atoms with Crippen molar-refractivity contribution >= 4 is 60.8 Å². The lowest BCUT2D eigenvalue weighted by molar-refractivity contribution is -0.113. The predicted molar refractivity (Wildman–Crippen MR) is 120 cm³/mol. The number of carbonyl (C=O) groups excluding carboxylic acids is 1. The molecule has 1 N–H and O–H groups in total. The molecular formula is C20H20BrN3O2S2. The zero-order valence-corrected chi connectivity index (χ0v) is 18.7. The molecule has 2 heterocycles. The van der Waals surface area contributed by atoms with E-state index in [-0.39, 0.29) is 17.2 Å². The van der Waals surface area contributed by atoms with E-state index in [1.165, 1.54) is 28.6 Å². The Balaban J connectivity index is 1.58. The average molecular weight is 478 g/mol. The molecule has 0 aliphatic heterocycles. The van der Waals surface area contributed by atoms with Crippen LogP contribution in [0.3, 0.4) is 0 Å². The smallest absolute Gasteiger partial charge is 0.263 e. The van der Waals surface area contributed by atoms with Crippen LogP contribution in [0.25, 0.3) is 10.2 Å². The lowest BCUT2D eigenvalue weighted by Gasteiger charge is -2.12. The van der Waals surface area contributed by atoms with E-state index in [1.807, 2.05) is 31.2 Å². The molecule has 2 aromatic heterocycles. The zero-order chi connectivity index (χ0) is 19.7. The van der Waals surface area contributed by atoms with Crippen molar-refractivity contribution in [2.75, 3.05) is 11.1 Å². The van der Waals surface area contributed by atoms with Gasteiger partial charge in [-0.2, -0.15) is 0 Å². The lowest BCUT2D eigenvalue weighted by Crippen LogP contribution is -2.24. The summed E-state index contributed by atoms with van der Waals surface area (Å²) >= 11 is 6.35. The predicted octanol–water partition coefficient (Wildman–Crippen LogP) is 4.85. The number of halogens is 1. The van der Waals surface area contributed by atoms with Gasteiger partial charge in [0.05, 0.1) is 11.1 Å². The van der Waals surface area contributed by atoms with Gasteiger partial charge in [0.1, 0.15) is 4.83 Å². The quantitative estimate of drug-likeness (QED) is 0.421. The Labute approximate surface area is 179 Å². The Morgan fingerprint density at radius 3 is 2.96 bits per heavy atom. The molecule has 3 aromatic rings. The van der Waals surface area contributed by atoms with Crippen molar-refractivity contribution in [3.63, 3.8) is 0 Å². The van der Waals surface area contributed by atoms with E-state index in [9.17, 15) is 9.59 Å². The molecule has 0 saturated carbocycles. The number of nitrogens with one attached hydrogen (secondary N) is 1. The second-order valence-corrected chi connectivity index (χ2v) is 9.62. The third-order valence-electron chi connectivity index (χ3n) is 4.80. The Kier molecular flexibility index (Phi) is 5.89. The van der Waals surface area contributed by atoms with E-state index in [4.69, 9.17) is 4.98 Å². The van der Waals surface area contributed by atoms with Crippen molar-refractivity contribution in [3.05, 3.63) is 49.5 Å². The molecule has 1 aromatic carbocycles. The molecular weight excluding hydrogens is 458 g/mol. The third-order valence-corrected chi connectivity index (χ3v) is 7.45. The normalized spacial score (nSPS) is 13.5. The molecule has 0 radical (unpaired) electrons. The standard InChI is InChI=1S/C20H20BrN3O2S2/c1-2-24-19(26)17-14-8-3-4-9-15(14)28-18(17)23-20(24)27-11-16(25)22-13-7-5-6-12(21)10-13/h5-7,10H,2-4,8-9,11H2,1H3,(H,22,25). The molecule has 0 unspecified atom stereocenters. The molecule has 4 rings (SSSR count). The van der Waals surface area contributed by atoms with Crippen LogP contribution in [-0.2, 0) is 24.2 Å². The van der Waals surface area contributed by atoms with E-state index in [2.05, 4.69) is 21.2 Å². The van der Waals surface area contributed by atoms with Crippen molar-refractivity contribution in [1.82, 2.24) is 9.55 Å². The van der Waals surface area contributed by atoms with Crippen LogP contribution < -0.4 is 10.9 Å². The van der Waals surface area contributed by atoms with Crippen LogP contribution in [0.4, 0.5) is 5.69 Å². The molecule has 0 atom stereocenters. The first-order valence-corrected chi connectivity index (χ1v) is 11.9. The SMILES string of the molecule is CCn1c(SCC(=O)Nc2cccc(Br)c2)nc2sc3c(c2c1=O)CCCC3. The molecule has 8 heteroatoms. The van der Waals surface area contributed by atoms with Crippen molar-refractivity contribution < 1.29 is 4.79 Å². The number of nitrogens with zero attached hydrogens (tertiary/aromatic N) is 2. The van der Waals surface area contributed by atoms with Crippen LogP contribution in [0.5, 0.6) is 0 Å². The summed E-state index contributed by atoms with van der Waals surface area (Å²) in [4.78, 5) is 32.3. The van der Waals surface area contributed by atoms with Gasteiger partial charge in [0.15, 0.2) is 5.16 Å².